The molecule has 0 amide bonds. The van der Waals surface area contributed by atoms with Crippen molar-refractivity contribution in [3.63, 3.8) is 0 Å². The fraction of sp³-hybridized carbons (Fsp3) is 0.500. The Morgan fingerprint density at radius 2 is 0.750 bits per heavy atom. The first-order valence-corrected chi connectivity index (χ1v) is 0. The maximum absolute atomic E-state index is 0. The van der Waals surface area contributed by atoms with Crippen LogP contribution in [0.1, 0.15) is 7.43 Å². The molecule has 0 fully saturated rings. The minimum Gasteiger partial charge on any atom is -0.358 e. The summed E-state index contributed by atoms with van der Waals surface area (Å²) in [6, 6.07) is 0. The van der Waals surface area contributed by atoms with E-state index in [1.54, 1.807) is 0 Å². The minimum atomic E-state index is 0. The van der Waals surface area contributed by atoms with Crippen molar-refractivity contribution in [3.8, 4) is 0 Å². The average Bonchev–Trinajstić information content (AvgIpc) is 0. The Morgan fingerprint density at radius 3 is 0.750 bits per heavy atom. The summed E-state index contributed by atoms with van der Waals surface area (Å²) >= 11 is 0. The molecule has 0 bridgehead atoms. The number of rotatable bonds is 0. The third-order valence-corrected chi connectivity index (χ3v) is 0. The minimum absolute atomic E-state index is 0. The molecule has 0 saturated carbocycles. The van der Waals surface area contributed by atoms with Crippen LogP contribution in [0.15, 0.2) is 0 Å². The van der Waals surface area contributed by atoms with Gasteiger partial charge >= 0.3 is 0 Å². The first kappa shape index (κ1) is 34.5. The summed E-state index contributed by atoms with van der Waals surface area (Å²) in [7, 11) is 0. The topological polar surface area (TPSA) is 0 Å². The van der Waals surface area contributed by atoms with Crippen molar-refractivity contribution < 1.29 is 65.4 Å². The SMILES string of the molecule is C.[CH3-].[Y].[Y]. The zero-order chi connectivity index (χ0) is 0. The van der Waals surface area contributed by atoms with Gasteiger partial charge in [0.25, 0.3) is 0 Å². The Bertz CT molecular complexity index is 4.00. The van der Waals surface area contributed by atoms with E-state index in [1.165, 1.54) is 0 Å². The van der Waals surface area contributed by atoms with Crippen LogP contribution in [0.5, 0.6) is 0 Å². The Kier molecular flexibility index (Phi) is 163. The van der Waals surface area contributed by atoms with Gasteiger partial charge in [-0.3, -0.25) is 0 Å². The molecule has 0 aliphatic carbocycles. The van der Waals surface area contributed by atoms with E-state index in [1.807, 2.05) is 0 Å². The van der Waals surface area contributed by atoms with Gasteiger partial charge in [0.15, 0.2) is 0 Å². The Balaban J connectivity index is 0. The molecule has 0 atom stereocenters. The molecular formula is C2H7Y2-. The Labute approximate surface area is 78.9 Å². The molecule has 0 aromatic carbocycles. The van der Waals surface area contributed by atoms with Gasteiger partial charge in [0.1, 0.15) is 0 Å². The molecule has 2 heteroatoms. The normalized spacial score (nSPS) is 0. The van der Waals surface area contributed by atoms with E-state index in [9.17, 15) is 0 Å². The second kappa shape index (κ2) is 18.9. The molecule has 0 aromatic heterocycles. The van der Waals surface area contributed by atoms with Crippen molar-refractivity contribution in [1.29, 1.82) is 0 Å². The van der Waals surface area contributed by atoms with Crippen molar-refractivity contribution >= 4 is 0 Å². The predicted octanol–water partition coefficient (Wildman–Crippen LogP) is 1.08. The van der Waals surface area contributed by atoms with Crippen molar-refractivity contribution in [3.05, 3.63) is 7.43 Å². The predicted molar refractivity (Wildman–Crippen MR) is 13.1 cm³/mol. The van der Waals surface area contributed by atoms with Crippen molar-refractivity contribution in [1.82, 2.24) is 0 Å². The van der Waals surface area contributed by atoms with Crippen LogP contribution in [0.4, 0.5) is 0 Å². The van der Waals surface area contributed by atoms with Gasteiger partial charge in [-0.1, -0.05) is 7.43 Å². The van der Waals surface area contributed by atoms with E-state index in [-0.39, 0.29) is 80.3 Å². The molecule has 0 rings (SSSR count). The summed E-state index contributed by atoms with van der Waals surface area (Å²) in [4.78, 5) is 0. The third-order valence-electron chi connectivity index (χ3n) is 0. The van der Waals surface area contributed by atoms with Crippen molar-refractivity contribution in [2.45, 2.75) is 7.43 Å². The third kappa shape index (κ3) is 8.88. The first-order chi connectivity index (χ1) is 0. The van der Waals surface area contributed by atoms with Crippen molar-refractivity contribution in [2.24, 2.45) is 0 Å². The van der Waals surface area contributed by atoms with E-state index in [2.05, 4.69) is 0 Å². The molecule has 0 aromatic rings. The van der Waals surface area contributed by atoms with Gasteiger partial charge in [0.2, 0.25) is 0 Å². The largest absolute Gasteiger partial charge is 0.358 e. The van der Waals surface area contributed by atoms with Crippen molar-refractivity contribution in [2.75, 3.05) is 0 Å². The molecule has 0 nitrogen and oxygen atoms in total. The van der Waals surface area contributed by atoms with E-state index in [4.69, 9.17) is 0 Å². The van der Waals surface area contributed by atoms with Gasteiger partial charge in [-0.15, -0.1) is 0 Å². The van der Waals surface area contributed by atoms with Crippen LogP contribution in [-0.2, 0) is 65.4 Å². The van der Waals surface area contributed by atoms with Crippen LogP contribution in [-0.4, -0.2) is 0 Å². The van der Waals surface area contributed by atoms with Gasteiger partial charge in [-0.25, -0.2) is 0 Å². The zero-order valence-corrected chi connectivity index (χ0v) is 7.83. The molecule has 0 aliphatic rings. The summed E-state index contributed by atoms with van der Waals surface area (Å²) in [5, 5.41) is 0. The van der Waals surface area contributed by atoms with Crippen LogP contribution in [0, 0.1) is 7.43 Å². The van der Waals surface area contributed by atoms with Crippen LogP contribution in [0.3, 0.4) is 0 Å². The van der Waals surface area contributed by atoms with Gasteiger partial charge in [-0.05, 0) is 0 Å². The molecule has 0 spiro atoms. The van der Waals surface area contributed by atoms with E-state index in [0.717, 1.165) is 0 Å². The summed E-state index contributed by atoms with van der Waals surface area (Å²) in [6.07, 6.45) is 0. The molecule has 22 valence electrons. The van der Waals surface area contributed by atoms with E-state index >= 15 is 0 Å². The van der Waals surface area contributed by atoms with E-state index in [0.29, 0.717) is 0 Å². The summed E-state index contributed by atoms with van der Waals surface area (Å²) < 4.78 is 0. The Morgan fingerprint density at radius 1 is 0.750 bits per heavy atom. The molecule has 0 N–H and O–H groups in total. The van der Waals surface area contributed by atoms with Gasteiger partial charge < -0.3 is 7.43 Å². The monoisotopic (exact) mass is 209 g/mol. The second-order valence-corrected chi connectivity index (χ2v) is 0. The average molecular weight is 209 g/mol. The van der Waals surface area contributed by atoms with Crippen LogP contribution in [0.25, 0.3) is 0 Å². The summed E-state index contributed by atoms with van der Waals surface area (Å²) in [6.45, 7) is 0. The molecular weight excluding hydrogens is 202 g/mol. The van der Waals surface area contributed by atoms with Crippen LogP contribution in [0.2, 0.25) is 0 Å². The molecule has 0 unspecified atom stereocenters. The van der Waals surface area contributed by atoms with Gasteiger partial charge in [0.05, 0.1) is 0 Å². The van der Waals surface area contributed by atoms with Crippen LogP contribution < -0.4 is 0 Å². The fourth-order valence-electron chi connectivity index (χ4n) is 0. The van der Waals surface area contributed by atoms with Gasteiger partial charge in [-0.2, -0.15) is 0 Å². The molecule has 4 heavy (non-hydrogen) atoms. The maximum atomic E-state index is 0. The van der Waals surface area contributed by atoms with Gasteiger partial charge in [0, 0.05) is 65.4 Å². The maximum Gasteiger partial charge on any atom is 0 e. The standard InChI is InChI=1S/CH4.CH3.2Y/h1H4;1H3;;/q;-1;;. The zero-order valence-electron chi connectivity index (χ0n) is 2.15. The molecule has 0 aliphatic heterocycles. The number of hydrogen-bond donors (Lipinski definition) is 0. The van der Waals surface area contributed by atoms with E-state index < -0.39 is 0 Å². The summed E-state index contributed by atoms with van der Waals surface area (Å²) in [5.41, 5.74) is 0. The summed E-state index contributed by atoms with van der Waals surface area (Å²) in [5.74, 6) is 0. The fourth-order valence-corrected chi connectivity index (χ4v) is 0. The smallest absolute Gasteiger partial charge is 0 e. The Hall–Kier alpha value is 2.21. The number of hydrogen-bond acceptors (Lipinski definition) is 0. The van der Waals surface area contributed by atoms with Crippen LogP contribution >= 0.6 is 0 Å². The molecule has 0 heterocycles. The second-order valence-electron chi connectivity index (χ2n) is 0. The first-order valence-electron chi connectivity index (χ1n) is 0. The molecule has 2 radical (unpaired) electrons. The quantitative estimate of drug-likeness (QED) is 0.523. The molecule has 0 saturated heterocycles.